The van der Waals surface area contributed by atoms with E-state index >= 15 is 0 Å². The van der Waals surface area contributed by atoms with E-state index in [1.807, 2.05) is 24.3 Å². The maximum Gasteiger partial charge on any atom is 0.306 e. The van der Waals surface area contributed by atoms with Crippen LogP contribution >= 0.6 is 0 Å². The molecule has 0 radical (unpaired) electrons. The molecular weight excluding hydrogens is 254 g/mol. The minimum Gasteiger partial charge on any atom is -0.481 e. The highest BCUT2D eigenvalue weighted by molar-refractivity contribution is 5.77. The first kappa shape index (κ1) is 13.2. The third-order valence-electron chi connectivity index (χ3n) is 4.28. The van der Waals surface area contributed by atoms with Crippen molar-refractivity contribution in [2.45, 2.75) is 25.8 Å². The molecule has 0 amide bonds. The molecule has 4 heteroatoms. The summed E-state index contributed by atoms with van der Waals surface area (Å²) in [4.78, 5) is 13.3. The van der Waals surface area contributed by atoms with Crippen LogP contribution in [0.2, 0.25) is 0 Å². The minimum atomic E-state index is -0.666. The van der Waals surface area contributed by atoms with E-state index in [4.69, 9.17) is 9.52 Å². The van der Waals surface area contributed by atoms with E-state index in [9.17, 15) is 4.79 Å². The zero-order valence-electron chi connectivity index (χ0n) is 11.6. The van der Waals surface area contributed by atoms with Crippen molar-refractivity contribution >= 4 is 16.9 Å². The number of fused-ring (bicyclic) bond motifs is 1. The van der Waals surface area contributed by atoms with Gasteiger partial charge in [0.2, 0.25) is 0 Å². The fourth-order valence-electron chi connectivity index (χ4n) is 2.92. The molecule has 1 unspecified atom stereocenters. The second kappa shape index (κ2) is 5.29. The van der Waals surface area contributed by atoms with E-state index in [0.29, 0.717) is 0 Å². The van der Waals surface area contributed by atoms with Crippen molar-refractivity contribution < 1.29 is 14.3 Å². The van der Waals surface area contributed by atoms with Gasteiger partial charge in [0.15, 0.2) is 0 Å². The van der Waals surface area contributed by atoms with Crippen molar-refractivity contribution in [3.63, 3.8) is 0 Å². The maximum atomic E-state index is 11.0. The van der Waals surface area contributed by atoms with Crippen LogP contribution < -0.4 is 0 Å². The molecular formula is C16H19NO3. The molecule has 2 aromatic rings. The van der Waals surface area contributed by atoms with Crippen LogP contribution in [0.15, 0.2) is 34.7 Å². The molecule has 2 heterocycles. The number of carboxylic acids is 1. The molecule has 1 aliphatic rings. The minimum absolute atomic E-state index is 0.186. The highest BCUT2D eigenvalue weighted by atomic mass is 16.4. The van der Waals surface area contributed by atoms with Gasteiger partial charge in [0.05, 0.1) is 12.0 Å². The Balaban J connectivity index is 1.73. The molecule has 1 aliphatic heterocycles. The fourth-order valence-corrected chi connectivity index (χ4v) is 2.92. The maximum absolute atomic E-state index is 11.0. The normalized spacial score (nSPS) is 19.2. The van der Waals surface area contributed by atoms with E-state index in [-0.39, 0.29) is 12.0 Å². The highest BCUT2D eigenvalue weighted by Crippen LogP contribution is 2.30. The molecule has 4 nitrogen and oxygen atoms in total. The molecule has 1 atom stereocenters. The van der Waals surface area contributed by atoms with E-state index in [0.717, 1.165) is 42.7 Å². The van der Waals surface area contributed by atoms with Gasteiger partial charge in [-0.3, -0.25) is 9.69 Å². The summed E-state index contributed by atoms with van der Waals surface area (Å²) in [6.45, 7) is 3.75. The Morgan fingerprint density at radius 3 is 2.70 bits per heavy atom. The number of hydrogen-bond donors (Lipinski definition) is 1. The van der Waals surface area contributed by atoms with Crippen LogP contribution in [-0.4, -0.2) is 29.1 Å². The summed E-state index contributed by atoms with van der Waals surface area (Å²) < 4.78 is 5.90. The fraction of sp³-hybridized carbons (Fsp3) is 0.438. The number of furan rings is 1. The van der Waals surface area contributed by atoms with Crippen molar-refractivity contribution in [2.75, 3.05) is 13.1 Å². The molecule has 1 saturated heterocycles. The summed E-state index contributed by atoms with van der Waals surface area (Å²) >= 11 is 0. The molecule has 1 N–H and O–H groups in total. The lowest BCUT2D eigenvalue weighted by atomic mass is 9.96. The van der Waals surface area contributed by atoms with Crippen molar-refractivity contribution in [1.29, 1.82) is 0 Å². The topological polar surface area (TPSA) is 53.7 Å². The van der Waals surface area contributed by atoms with Crippen molar-refractivity contribution in [1.82, 2.24) is 4.90 Å². The summed E-state index contributed by atoms with van der Waals surface area (Å²) in [7, 11) is 0. The van der Waals surface area contributed by atoms with Gasteiger partial charge < -0.3 is 9.52 Å². The lowest BCUT2D eigenvalue weighted by molar-refractivity contribution is -0.143. The predicted molar refractivity (Wildman–Crippen MR) is 76.6 cm³/mol. The summed E-state index contributed by atoms with van der Waals surface area (Å²) in [5.74, 6) is 0.107. The van der Waals surface area contributed by atoms with E-state index in [2.05, 4.69) is 17.9 Å². The lowest BCUT2D eigenvalue weighted by Gasteiger charge is -2.33. The quantitative estimate of drug-likeness (QED) is 0.932. The molecule has 20 heavy (non-hydrogen) atoms. The van der Waals surface area contributed by atoms with Crippen molar-refractivity contribution in [3.8, 4) is 0 Å². The Morgan fingerprint density at radius 2 is 2.05 bits per heavy atom. The molecule has 0 saturated carbocycles. The first-order chi connectivity index (χ1) is 9.65. The number of piperidine rings is 1. The van der Waals surface area contributed by atoms with Gasteiger partial charge in [0.1, 0.15) is 11.3 Å². The van der Waals surface area contributed by atoms with Crippen LogP contribution in [0.25, 0.3) is 11.0 Å². The Labute approximate surface area is 118 Å². The van der Waals surface area contributed by atoms with Gasteiger partial charge >= 0.3 is 5.97 Å². The van der Waals surface area contributed by atoms with Crippen molar-refractivity contribution in [3.05, 3.63) is 36.1 Å². The Bertz CT molecular complexity index is 578. The number of carboxylic acid groups (broad SMARTS) is 1. The van der Waals surface area contributed by atoms with Gasteiger partial charge in [-0.25, -0.2) is 0 Å². The van der Waals surface area contributed by atoms with Gasteiger partial charge in [0, 0.05) is 5.39 Å². The zero-order valence-corrected chi connectivity index (χ0v) is 11.6. The number of nitrogens with zero attached hydrogens (tertiary/aromatic N) is 1. The molecule has 106 valence electrons. The number of carbonyl (C=O) groups is 1. The van der Waals surface area contributed by atoms with Crippen LogP contribution in [0.1, 0.15) is 31.6 Å². The van der Waals surface area contributed by atoms with Gasteiger partial charge in [-0.1, -0.05) is 18.2 Å². The number of likely N-dealkylation sites (tertiary alicyclic amines) is 1. The third kappa shape index (κ3) is 2.43. The smallest absolute Gasteiger partial charge is 0.306 e. The van der Waals surface area contributed by atoms with Crippen LogP contribution in [0, 0.1) is 5.92 Å². The van der Waals surface area contributed by atoms with Gasteiger partial charge in [-0.05, 0) is 45.0 Å². The SMILES string of the molecule is CC(c1cc2ccccc2o1)N1CCC(C(=O)O)CC1. The summed E-state index contributed by atoms with van der Waals surface area (Å²) in [5.41, 5.74) is 0.912. The monoisotopic (exact) mass is 273 g/mol. The van der Waals surface area contributed by atoms with Crippen LogP contribution in [0.3, 0.4) is 0 Å². The molecule has 0 spiro atoms. The average molecular weight is 273 g/mol. The standard InChI is InChI=1S/C16H19NO3/c1-11(17-8-6-12(7-9-17)16(18)19)15-10-13-4-2-3-5-14(13)20-15/h2-5,10-12H,6-9H2,1H3,(H,18,19). The molecule has 1 aromatic carbocycles. The van der Waals surface area contributed by atoms with Crippen molar-refractivity contribution in [2.24, 2.45) is 5.92 Å². The Morgan fingerprint density at radius 1 is 1.35 bits per heavy atom. The first-order valence-corrected chi connectivity index (χ1v) is 7.10. The van der Waals surface area contributed by atoms with E-state index in [1.54, 1.807) is 0 Å². The van der Waals surface area contributed by atoms with Gasteiger partial charge in [0.25, 0.3) is 0 Å². The highest BCUT2D eigenvalue weighted by Gasteiger charge is 2.28. The second-order valence-corrected chi connectivity index (χ2v) is 5.51. The summed E-state index contributed by atoms with van der Waals surface area (Å²) in [5, 5.41) is 10.2. The second-order valence-electron chi connectivity index (χ2n) is 5.51. The number of rotatable bonds is 3. The first-order valence-electron chi connectivity index (χ1n) is 7.10. The zero-order chi connectivity index (χ0) is 14.1. The molecule has 1 fully saturated rings. The van der Waals surface area contributed by atoms with Crippen LogP contribution in [-0.2, 0) is 4.79 Å². The van der Waals surface area contributed by atoms with Gasteiger partial charge in [-0.2, -0.15) is 0 Å². The Hall–Kier alpha value is -1.81. The number of aliphatic carboxylic acids is 1. The number of para-hydroxylation sites is 1. The van der Waals surface area contributed by atoms with Gasteiger partial charge in [-0.15, -0.1) is 0 Å². The third-order valence-corrected chi connectivity index (χ3v) is 4.28. The Kier molecular flexibility index (Phi) is 3.49. The van der Waals surface area contributed by atoms with Crippen LogP contribution in [0.4, 0.5) is 0 Å². The molecule has 0 aliphatic carbocycles. The van der Waals surface area contributed by atoms with E-state index in [1.165, 1.54) is 0 Å². The van der Waals surface area contributed by atoms with Crippen LogP contribution in [0.5, 0.6) is 0 Å². The molecule has 3 rings (SSSR count). The summed E-state index contributed by atoms with van der Waals surface area (Å²) in [6.07, 6.45) is 1.44. The molecule has 1 aromatic heterocycles. The molecule has 0 bridgehead atoms. The lowest BCUT2D eigenvalue weighted by Crippen LogP contribution is -2.37. The average Bonchev–Trinajstić information content (AvgIpc) is 2.90. The van der Waals surface area contributed by atoms with E-state index < -0.39 is 5.97 Å². The number of hydrogen-bond acceptors (Lipinski definition) is 3. The summed E-state index contributed by atoms with van der Waals surface area (Å²) in [6, 6.07) is 10.3. The largest absolute Gasteiger partial charge is 0.481 e. The predicted octanol–water partition coefficient (Wildman–Crippen LogP) is 3.29. The number of benzene rings is 1.